The smallest absolute Gasteiger partial charge is 0.223 e. The van der Waals surface area contributed by atoms with Crippen molar-refractivity contribution >= 4 is 0 Å². The van der Waals surface area contributed by atoms with E-state index in [1.807, 2.05) is 6.92 Å². The van der Waals surface area contributed by atoms with E-state index in [4.69, 9.17) is 4.52 Å². The van der Waals surface area contributed by atoms with Crippen molar-refractivity contribution in [2.24, 2.45) is 5.92 Å². The molecular formula is C9H16N2O. The third-order valence-corrected chi connectivity index (χ3v) is 2.12. The molecule has 1 unspecified atom stereocenters. The second kappa shape index (κ2) is 3.70. The largest absolute Gasteiger partial charge is 0.340 e. The standard InChI is InChI=1S/C9H16N2O/c1-5-8(6(2)3)9-10-7(4)12-11-9/h6,8H,5H2,1-4H3. The average molecular weight is 168 g/mol. The molecule has 0 saturated heterocycles. The van der Waals surface area contributed by atoms with Gasteiger partial charge in [0.25, 0.3) is 0 Å². The van der Waals surface area contributed by atoms with E-state index in [0.29, 0.717) is 17.7 Å². The Morgan fingerprint density at radius 3 is 2.42 bits per heavy atom. The molecule has 0 bridgehead atoms. The van der Waals surface area contributed by atoms with Crippen LogP contribution in [0.5, 0.6) is 0 Å². The third-order valence-electron chi connectivity index (χ3n) is 2.12. The van der Waals surface area contributed by atoms with Crippen LogP contribution >= 0.6 is 0 Å². The summed E-state index contributed by atoms with van der Waals surface area (Å²) in [6.07, 6.45) is 1.07. The minimum absolute atomic E-state index is 0.433. The van der Waals surface area contributed by atoms with Crippen molar-refractivity contribution in [1.29, 1.82) is 0 Å². The molecule has 1 aromatic rings. The van der Waals surface area contributed by atoms with Gasteiger partial charge in [-0.05, 0) is 12.3 Å². The molecule has 0 aliphatic carbocycles. The van der Waals surface area contributed by atoms with E-state index in [-0.39, 0.29) is 0 Å². The van der Waals surface area contributed by atoms with E-state index >= 15 is 0 Å². The van der Waals surface area contributed by atoms with Gasteiger partial charge in [0.15, 0.2) is 5.82 Å². The molecule has 12 heavy (non-hydrogen) atoms. The second-order valence-corrected chi connectivity index (χ2v) is 3.43. The molecule has 0 fully saturated rings. The molecule has 0 radical (unpaired) electrons. The Morgan fingerprint density at radius 2 is 2.08 bits per heavy atom. The Kier molecular flexibility index (Phi) is 2.84. The van der Waals surface area contributed by atoms with E-state index in [1.165, 1.54) is 0 Å². The Bertz CT molecular complexity index is 242. The minimum Gasteiger partial charge on any atom is -0.340 e. The van der Waals surface area contributed by atoms with E-state index < -0.39 is 0 Å². The van der Waals surface area contributed by atoms with Crippen LogP contribution in [0.1, 0.15) is 44.8 Å². The Balaban J connectivity index is 2.80. The Hall–Kier alpha value is -0.860. The first-order chi connectivity index (χ1) is 5.65. The molecule has 0 aromatic carbocycles. The van der Waals surface area contributed by atoms with Crippen LogP contribution in [0.4, 0.5) is 0 Å². The highest BCUT2D eigenvalue weighted by atomic mass is 16.5. The van der Waals surface area contributed by atoms with Gasteiger partial charge in [-0.25, -0.2) is 0 Å². The molecule has 0 amide bonds. The maximum absolute atomic E-state index is 4.94. The zero-order valence-corrected chi connectivity index (χ0v) is 8.16. The van der Waals surface area contributed by atoms with E-state index in [2.05, 4.69) is 30.9 Å². The lowest BCUT2D eigenvalue weighted by atomic mass is 9.93. The molecule has 1 aromatic heterocycles. The zero-order valence-electron chi connectivity index (χ0n) is 8.16. The lowest BCUT2D eigenvalue weighted by Crippen LogP contribution is -2.07. The van der Waals surface area contributed by atoms with Crippen molar-refractivity contribution in [1.82, 2.24) is 10.1 Å². The molecule has 0 aliphatic rings. The molecule has 0 aliphatic heterocycles. The lowest BCUT2D eigenvalue weighted by Gasteiger charge is -2.13. The van der Waals surface area contributed by atoms with Crippen molar-refractivity contribution in [3.63, 3.8) is 0 Å². The first-order valence-electron chi connectivity index (χ1n) is 4.45. The van der Waals surface area contributed by atoms with Crippen LogP contribution in [0.15, 0.2) is 4.52 Å². The van der Waals surface area contributed by atoms with Crippen LogP contribution in [0.2, 0.25) is 0 Å². The first-order valence-corrected chi connectivity index (χ1v) is 4.45. The fourth-order valence-electron chi connectivity index (χ4n) is 1.42. The van der Waals surface area contributed by atoms with Crippen LogP contribution < -0.4 is 0 Å². The SMILES string of the molecule is CCC(c1noc(C)n1)C(C)C. The predicted octanol–water partition coefficient (Wildman–Crippen LogP) is 2.53. The van der Waals surface area contributed by atoms with Gasteiger partial charge in [0.05, 0.1) is 0 Å². The van der Waals surface area contributed by atoms with E-state index in [0.717, 1.165) is 12.2 Å². The van der Waals surface area contributed by atoms with Crippen molar-refractivity contribution in [3.05, 3.63) is 11.7 Å². The minimum atomic E-state index is 0.433. The van der Waals surface area contributed by atoms with Crippen LogP contribution in [-0.4, -0.2) is 10.1 Å². The molecular weight excluding hydrogens is 152 g/mol. The highest BCUT2D eigenvalue weighted by Crippen LogP contribution is 2.24. The van der Waals surface area contributed by atoms with Gasteiger partial charge < -0.3 is 4.52 Å². The van der Waals surface area contributed by atoms with Gasteiger partial charge >= 0.3 is 0 Å². The Morgan fingerprint density at radius 1 is 1.42 bits per heavy atom. The summed E-state index contributed by atoms with van der Waals surface area (Å²) in [5.41, 5.74) is 0. The molecule has 3 heteroatoms. The van der Waals surface area contributed by atoms with Gasteiger partial charge in [0.1, 0.15) is 0 Å². The second-order valence-electron chi connectivity index (χ2n) is 3.43. The first kappa shape index (κ1) is 9.23. The maximum atomic E-state index is 4.94. The Labute approximate surface area is 73.2 Å². The zero-order chi connectivity index (χ0) is 9.14. The summed E-state index contributed by atoms with van der Waals surface area (Å²) in [6, 6.07) is 0. The van der Waals surface area contributed by atoms with Crippen molar-refractivity contribution in [3.8, 4) is 0 Å². The van der Waals surface area contributed by atoms with Gasteiger partial charge in [0.2, 0.25) is 5.89 Å². The summed E-state index contributed by atoms with van der Waals surface area (Å²) in [6.45, 7) is 8.33. The fraction of sp³-hybridized carbons (Fsp3) is 0.778. The summed E-state index contributed by atoms with van der Waals surface area (Å²) >= 11 is 0. The molecule has 1 atom stereocenters. The molecule has 0 spiro atoms. The molecule has 1 rings (SSSR count). The molecule has 1 heterocycles. The number of hydrogen-bond donors (Lipinski definition) is 0. The molecule has 3 nitrogen and oxygen atoms in total. The van der Waals surface area contributed by atoms with Crippen molar-refractivity contribution < 1.29 is 4.52 Å². The van der Waals surface area contributed by atoms with Crippen molar-refractivity contribution in [2.75, 3.05) is 0 Å². The van der Waals surface area contributed by atoms with Crippen molar-refractivity contribution in [2.45, 2.75) is 40.0 Å². The summed E-state index contributed by atoms with van der Waals surface area (Å²) in [5, 5.41) is 3.92. The average Bonchev–Trinajstić information content (AvgIpc) is 2.37. The topological polar surface area (TPSA) is 38.9 Å². The number of aromatic nitrogens is 2. The fourth-order valence-corrected chi connectivity index (χ4v) is 1.42. The van der Waals surface area contributed by atoms with Crippen LogP contribution in [0.3, 0.4) is 0 Å². The van der Waals surface area contributed by atoms with E-state index in [1.54, 1.807) is 0 Å². The normalized spacial score (nSPS) is 13.8. The summed E-state index contributed by atoms with van der Waals surface area (Å²) < 4.78 is 4.94. The highest BCUT2D eigenvalue weighted by Gasteiger charge is 2.18. The highest BCUT2D eigenvalue weighted by molar-refractivity contribution is 4.95. The van der Waals surface area contributed by atoms with Crippen LogP contribution in [-0.2, 0) is 0 Å². The van der Waals surface area contributed by atoms with E-state index in [9.17, 15) is 0 Å². The summed E-state index contributed by atoms with van der Waals surface area (Å²) in [4.78, 5) is 4.23. The predicted molar refractivity (Wildman–Crippen MR) is 46.9 cm³/mol. The van der Waals surface area contributed by atoms with Gasteiger partial charge in [-0.1, -0.05) is 25.9 Å². The number of rotatable bonds is 3. The van der Waals surface area contributed by atoms with Crippen LogP contribution in [0.25, 0.3) is 0 Å². The van der Waals surface area contributed by atoms with Crippen LogP contribution in [0, 0.1) is 12.8 Å². The molecule has 68 valence electrons. The lowest BCUT2D eigenvalue weighted by molar-refractivity contribution is 0.370. The maximum Gasteiger partial charge on any atom is 0.223 e. The molecule has 0 N–H and O–H groups in total. The molecule has 0 saturated carbocycles. The van der Waals surface area contributed by atoms with Gasteiger partial charge in [-0.2, -0.15) is 4.98 Å². The quantitative estimate of drug-likeness (QED) is 0.696. The third kappa shape index (κ3) is 1.84. The van der Waals surface area contributed by atoms with Gasteiger partial charge in [-0.3, -0.25) is 0 Å². The van der Waals surface area contributed by atoms with Gasteiger partial charge in [-0.15, -0.1) is 0 Å². The number of hydrogen-bond acceptors (Lipinski definition) is 3. The van der Waals surface area contributed by atoms with Gasteiger partial charge in [0, 0.05) is 12.8 Å². The summed E-state index contributed by atoms with van der Waals surface area (Å²) in [5.74, 6) is 2.52. The number of aryl methyl sites for hydroxylation is 1. The number of nitrogens with zero attached hydrogens (tertiary/aromatic N) is 2. The summed E-state index contributed by atoms with van der Waals surface area (Å²) in [7, 11) is 0. The monoisotopic (exact) mass is 168 g/mol.